The van der Waals surface area contributed by atoms with Crippen LogP contribution in [-0.2, 0) is 18.4 Å². The van der Waals surface area contributed by atoms with E-state index in [-0.39, 0.29) is 13.0 Å². The topological polar surface area (TPSA) is 87.1 Å². The summed E-state index contributed by atoms with van der Waals surface area (Å²) in [6.45, 7) is 0.143. The molecule has 0 fully saturated rings. The van der Waals surface area contributed by atoms with Gasteiger partial charge in [-0.1, -0.05) is 0 Å². The van der Waals surface area contributed by atoms with Crippen LogP contribution >= 0.6 is 0 Å². The Balaban J connectivity index is 3.01. The van der Waals surface area contributed by atoms with Crippen LogP contribution in [-0.4, -0.2) is 15.0 Å². The summed E-state index contributed by atoms with van der Waals surface area (Å²) >= 11 is 0. The van der Waals surface area contributed by atoms with Gasteiger partial charge in [0.05, 0.1) is 0 Å². The number of aryl methyl sites for hydroxylation is 2. The van der Waals surface area contributed by atoms with Crippen LogP contribution in [0.2, 0.25) is 0 Å². The Morgan fingerprint density at radius 2 is 2.00 bits per heavy atom. The summed E-state index contributed by atoms with van der Waals surface area (Å²) in [6, 6.07) is 0. The minimum absolute atomic E-state index is 0.0487. The smallest absolute Gasteiger partial charge is 0.316 e. The van der Waals surface area contributed by atoms with Crippen molar-refractivity contribution < 1.29 is 4.79 Å². The molecular weight excluding hydrogens is 186 g/mol. The van der Waals surface area contributed by atoms with Crippen molar-refractivity contribution in [2.24, 2.45) is 12.8 Å². The van der Waals surface area contributed by atoms with Gasteiger partial charge < -0.3 is 14.9 Å². The number of rotatable bonds is 3. The summed E-state index contributed by atoms with van der Waals surface area (Å²) in [6.07, 6.45) is 2.96. The van der Waals surface area contributed by atoms with Gasteiger partial charge >= 0.3 is 11.1 Å². The van der Waals surface area contributed by atoms with Gasteiger partial charge in [-0.2, -0.15) is 0 Å². The first-order valence-corrected chi connectivity index (χ1v) is 4.06. The molecule has 1 aromatic heterocycles. The van der Waals surface area contributed by atoms with E-state index in [0.29, 0.717) is 0 Å². The van der Waals surface area contributed by atoms with Crippen LogP contribution in [0.3, 0.4) is 0 Å². The molecule has 14 heavy (non-hydrogen) atoms. The fourth-order valence-electron chi connectivity index (χ4n) is 0.996. The lowest BCUT2D eigenvalue weighted by atomic mass is 10.4. The number of amides is 1. The number of nitrogens with two attached hydrogens (primary N) is 1. The van der Waals surface area contributed by atoms with Crippen molar-refractivity contribution in [2.45, 2.75) is 13.0 Å². The van der Waals surface area contributed by atoms with Crippen LogP contribution < -0.4 is 16.9 Å². The zero-order valence-electron chi connectivity index (χ0n) is 7.77. The molecule has 6 nitrogen and oxygen atoms in total. The van der Waals surface area contributed by atoms with Crippen molar-refractivity contribution in [1.29, 1.82) is 0 Å². The molecular formula is C8H11N3O3. The lowest BCUT2D eigenvalue weighted by Gasteiger charge is -2.03. The summed E-state index contributed by atoms with van der Waals surface area (Å²) in [5, 5.41) is 0. The van der Waals surface area contributed by atoms with Crippen LogP contribution in [0, 0.1) is 0 Å². The Hall–Kier alpha value is -1.85. The molecule has 1 rings (SSSR count). The third kappa shape index (κ3) is 2.09. The molecule has 6 heteroatoms. The van der Waals surface area contributed by atoms with Gasteiger partial charge in [-0.15, -0.1) is 0 Å². The van der Waals surface area contributed by atoms with Gasteiger partial charge in [-0.3, -0.25) is 14.4 Å². The summed E-state index contributed by atoms with van der Waals surface area (Å²) in [5.41, 5.74) is 3.66. The van der Waals surface area contributed by atoms with E-state index in [4.69, 9.17) is 5.73 Å². The monoisotopic (exact) mass is 197 g/mol. The van der Waals surface area contributed by atoms with E-state index in [1.807, 2.05) is 0 Å². The lowest BCUT2D eigenvalue weighted by Crippen LogP contribution is -2.39. The number of aromatic nitrogens is 2. The summed E-state index contributed by atoms with van der Waals surface area (Å²) in [7, 11) is 1.49. The van der Waals surface area contributed by atoms with Crippen LogP contribution in [0.25, 0.3) is 0 Å². The van der Waals surface area contributed by atoms with E-state index in [1.165, 1.54) is 28.6 Å². The fraction of sp³-hybridized carbons (Fsp3) is 0.375. The van der Waals surface area contributed by atoms with Gasteiger partial charge in [0, 0.05) is 32.4 Å². The molecule has 1 aromatic rings. The molecule has 0 aliphatic heterocycles. The van der Waals surface area contributed by atoms with E-state index in [1.54, 1.807) is 0 Å². The lowest BCUT2D eigenvalue weighted by molar-refractivity contribution is -0.118. The standard InChI is InChI=1S/C8H11N3O3/c1-10-4-5-11(3-2-6(9)12)8(14)7(10)13/h4-5H,2-3H2,1H3,(H2,9,12). The molecule has 0 radical (unpaired) electrons. The predicted molar refractivity (Wildman–Crippen MR) is 49.8 cm³/mol. The molecule has 76 valence electrons. The molecule has 1 amide bonds. The average molecular weight is 197 g/mol. The molecule has 0 atom stereocenters. The van der Waals surface area contributed by atoms with Crippen molar-refractivity contribution >= 4 is 5.91 Å². The van der Waals surface area contributed by atoms with Crippen molar-refractivity contribution in [1.82, 2.24) is 9.13 Å². The Labute approximate surface area is 79.6 Å². The molecule has 2 N–H and O–H groups in total. The predicted octanol–water partition coefficient (Wildman–Crippen LogP) is -1.58. The van der Waals surface area contributed by atoms with Gasteiger partial charge in [0.15, 0.2) is 0 Å². The highest BCUT2D eigenvalue weighted by molar-refractivity contribution is 5.73. The first-order chi connectivity index (χ1) is 6.52. The minimum Gasteiger partial charge on any atom is -0.370 e. The molecule has 0 aliphatic rings. The molecule has 0 unspecified atom stereocenters. The molecule has 0 saturated heterocycles. The van der Waals surface area contributed by atoms with Crippen LogP contribution in [0.4, 0.5) is 0 Å². The number of hydrogen-bond donors (Lipinski definition) is 1. The molecule has 0 saturated carbocycles. The summed E-state index contributed by atoms with van der Waals surface area (Å²) in [5.74, 6) is -0.502. The summed E-state index contributed by atoms with van der Waals surface area (Å²) < 4.78 is 2.36. The highest BCUT2D eigenvalue weighted by Crippen LogP contribution is 1.83. The number of hydrogen-bond acceptors (Lipinski definition) is 3. The molecule has 1 heterocycles. The van der Waals surface area contributed by atoms with Crippen molar-refractivity contribution in [2.75, 3.05) is 0 Å². The maximum Gasteiger partial charge on any atom is 0.316 e. The van der Waals surface area contributed by atoms with E-state index in [2.05, 4.69) is 0 Å². The van der Waals surface area contributed by atoms with Crippen LogP contribution in [0.15, 0.2) is 22.0 Å². The van der Waals surface area contributed by atoms with Gasteiger partial charge in [-0.25, -0.2) is 0 Å². The summed E-state index contributed by atoms with van der Waals surface area (Å²) in [4.78, 5) is 32.9. The second kappa shape index (κ2) is 3.91. The van der Waals surface area contributed by atoms with Crippen molar-refractivity contribution in [3.8, 4) is 0 Å². The number of carbonyl (C=O) groups is 1. The Morgan fingerprint density at radius 1 is 1.36 bits per heavy atom. The maximum absolute atomic E-state index is 11.3. The molecule has 0 bridgehead atoms. The molecule has 0 spiro atoms. The third-order valence-corrected chi connectivity index (χ3v) is 1.83. The first kappa shape index (κ1) is 10.2. The van der Waals surface area contributed by atoms with Crippen LogP contribution in [0.1, 0.15) is 6.42 Å². The Kier molecular flexibility index (Phi) is 2.85. The Bertz CT molecular complexity index is 458. The maximum atomic E-state index is 11.3. The van der Waals surface area contributed by atoms with Crippen molar-refractivity contribution in [3.63, 3.8) is 0 Å². The van der Waals surface area contributed by atoms with Gasteiger partial charge in [0.25, 0.3) is 0 Å². The van der Waals surface area contributed by atoms with Gasteiger partial charge in [0.2, 0.25) is 5.91 Å². The van der Waals surface area contributed by atoms with E-state index in [9.17, 15) is 14.4 Å². The van der Waals surface area contributed by atoms with E-state index in [0.717, 1.165) is 0 Å². The number of carbonyl (C=O) groups excluding carboxylic acids is 1. The average Bonchev–Trinajstić information content (AvgIpc) is 2.13. The minimum atomic E-state index is -0.642. The SMILES string of the molecule is Cn1ccn(CCC(N)=O)c(=O)c1=O. The fourth-order valence-corrected chi connectivity index (χ4v) is 0.996. The molecule has 0 aliphatic carbocycles. The zero-order valence-corrected chi connectivity index (χ0v) is 7.77. The van der Waals surface area contributed by atoms with Crippen LogP contribution in [0.5, 0.6) is 0 Å². The van der Waals surface area contributed by atoms with Crippen molar-refractivity contribution in [3.05, 3.63) is 33.1 Å². The Morgan fingerprint density at radius 3 is 2.57 bits per heavy atom. The zero-order chi connectivity index (χ0) is 10.7. The van der Waals surface area contributed by atoms with E-state index >= 15 is 0 Å². The normalized spacial score (nSPS) is 10.1. The van der Waals surface area contributed by atoms with Gasteiger partial charge in [-0.05, 0) is 0 Å². The highest BCUT2D eigenvalue weighted by Gasteiger charge is 2.02. The highest BCUT2D eigenvalue weighted by atomic mass is 16.2. The largest absolute Gasteiger partial charge is 0.370 e. The quantitative estimate of drug-likeness (QED) is 0.593. The van der Waals surface area contributed by atoms with Gasteiger partial charge in [0.1, 0.15) is 0 Å². The second-order valence-corrected chi connectivity index (χ2v) is 2.93. The molecule has 0 aromatic carbocycles. The number of primary amides is 1. The second-order valence-electron chi connectivity index (χ2n) is 2.93. The van der Waals surface area contributed by atoms with E-state index < -0.39 is 17.0 Å². The third-order valence-electron chi connectivity index (χ3n) is 1.83. The number of nitrogens with zero attached hydrogens (tertiary/aromatic N) is 2. The first-order valence-electron chi connectivity index (χ1n) is 4.06.